The number of nitrogens with zero attached hydrogens (tertiary/aromatic N) is 3. The van der Waals surface area contributed by atoms with Gasteiger partial charge >= 0.3 is 5.97 Å². The van der Waals surface area contributed by atoms with Crippen molar-refractivity contribution in [2.45, 2.75) is 12.8 Å². The van der Waals surface area contributed by atoms with Gasteiger partial charge in [0.1, 0.15) is 5.69 Å². The molecule has 0 aromatic carbocycles. The number of carbonyl (C=O) groups excluding carboxylic acids is 1. The number of aliphatic carboxylic acids is 1. The van der Waals surface area contributed by atoms with Gasteiger partial charge in [-0.15, -0.1) is 0 Å². The molecule has 0 bridgehead atoms. The molecule has 1 unspecified atom stereocenters. The van der Waals surface area contributed by atoms with Crippen LogP contribution in [0, 0.1) is 5.92 Å². The van der Waals surface area contributed by atoms with Crippen molar-refractivity contribution in [2.24, 2.45) is 13.0 Å². The first kappa shape index (κ1) is 13.3. The topological polar surface area (TPSA) is 92.5 Å². The molecule has 1 aliphatic heterocycles. The number of carboxylic acids is 1. The van der Waals surface area contributed by atoms with Crippen LogP contribution in [0.4, 0.5) is 0 Å². The van der Waals surface area contributed by atoms with E-state index < -0.39 is 5.97 Å². The van der Waals surface area contributed by atoms with Crippen molar-refractivity contribution in [3.05, 3.63) is 28.2 Å². The zero-order valence-electron chi connectivity index (χ0n) is 10.6. The molecular formula is C12H15N3O4. The van der Waals surface area contributed by atoms with E-state index >= 15 is 0 Å². The Bertz CT molecular complexity index is 566. The summed E-state index contributed by atoms with van der Waals surface area (Å²) in [5, 5.41) is 12.6. The van der Waals surface area contributed by atoms with Gasteiger partial charge in [0.25, 0.3) is 11.5 Å². The number of hydrogen-bond donors (Lipinski definition) is 1. The third kappa shape index (κ3) is 2.98. The van der Waals surface area contributed by atoms with Gasteiger partial charge in [-0.05, 0) is 18.4 Å². The molecule has 1 aliphatic rings. The highest BCUT2D eigenvalue weighted by Gasteiger charge is 2.29. The molecule has 7 nitrogen and oxygen atoms in total. The predicted octanol–water partition coefficient (Wildman–Crippen LogP) is -0.283. The van der Waals surface area contributed by atoms with Crippen LogP contribution in [0.2, 0.25) is 0 Å². The SMILES string of the molecule is Cn1nc(C(=O)N2CCC(CC(=O)O)C2)ccc1=O. The maximum absolute atomic E-state index is 12.1. The van der Waals surface area contributed by atoms with Crippen LogP contribution in [0.5, 0.6) is 0 Å². The summed E-state index contributed by atoms with van der Waals surface area (Å²) in [6, 6.07) is 2.69. The maximum atomic E-state index is 12.1. The quantitative estimate of drug-likeness (QED) is 0.811. The summed E-state index contributed by atoms with van der Waals surface area (Å²) < 4.78 is 1.11. The Kier molecular flexibility index (Phi) is 3.64. The van der Waals surface area contributed by atoms with Crippen molar-refractivity contribution in [2.75, 3.05) is 13.1 Å². The van der Waals surface area contributed by atoms with E-state index in [1.807, 2.05) is 0 Å². The number of amides is 1. The molecule has 7 heteroatoms. The molecule has 1 aromatic rings. The normalized spacial score (nSPS) is 18.6. The summed E-state index contributed by atoms with van der Waals surface area (Å²) >= 11 is 0. The second-order valence-electron chi connectivity index (χ2n) is 4.68. The Labute approximate surface area is 109 Å². The van der Waals surface area contributed by atoms with Gasteiger partial charge in [-0.25, -0.2) is 4.68 Å². The largest absolute Gasteiger partial charge is 0.481 e. The van der Waals surface area contributed by atoms with Gasteiger partial charge in [-0.1, -0.05) is 0 Å². The lowest BCUT2D eigenvalue weighted by Crippen LogP contribution is -2.32. The lowest BCUT2D eigenvalue weighted by molar-refractivity contribution is -0.138. The summed E-state index contributed by atoms with van der Waals surface area (Å²) in [4.78, 5) is 35.6. The van der Waals surface area contributed by atoms with E-state index in [0.717, 1.165) is 4.68 Å². The van der Waals surface area contributed by atoms with Gasteiger partial charge < -0.3 is 10.0 Å². The minimum Gasteiger partial charge on any atom is -0.481 e. The first-order valence-corrected chi connectivity index (χ1v) is 6.03. The highest BCUT2D eigenvalue weighted by Crippen LogP contribution is 2.20. The molecule has 1 aromatic heterocycles. The number of aryl methyl sites for hydroxylation is 1. The van der Waals surface area contributed by atoms with Gasteiger partial charge in [-0.2, -0.15) is 5.10 Å². The Morgan fingerprint density at radius 2 is 2.21 bits per heavy atom. The summed E-state index contributed by atoms with van der Waals surface area (Å²) in [6.45, 7) is 0.955. The number of likely N-dealkylation sites (tertiary alicyclic amines) is 1. The number of rotatable bonds is 3. The van der Waals surface area contributed by atoms with Crippen molar-refractivity contribution >= 4 is 11.9 Å². The Morgan fingerprint density at radius 3 is 2.84 bits per heavy atom. The Morgan fingerprint density at radius 1 is 1.47 bits per heavy atom. The highest BCUT2D eigenvalue weighted by atomic mass is 16.4. The molecule has 102 valence electrons. The standard InChI is InChI=1S/C12H15N3O4/c1-14-10(16)3-2-9(13-14)12(19)15-5-4-8(7-15)6-11(17)18/h2-3,8H,4-7H2,1H3,(H,17,18). The number of carboxylic acid groups (broad SMARTS) is 1. The summed E-state index contributed by atoms with van der Waals surface area (Å²) in [5.41, 5.74) is -0.0696. The van der Waals surface area contributed by atoms with E-state index in [1.54, 1.807) is 4.90 Å². The molecular weight excluding hydrogens is 250 g/mol. The molecule has 0 saturated carbocycles. The smallest absolute Gasteiger partial charge is 0.303 e. The summed E-state index contributed by atoms with van der Waals surface area (Å²) in [5.74, 6) is -1.11. The average Bonchev–Trinajstić information content (AvgIpc) is 2.79. The molecule has 1 atom stereocenters. The molecule has 0 spiro atoms. The number of carbonyl (C=O) groups is 2. The monoisotopic (exact) mass is 265 g/mol. The first-order valence-electron chi connectivity index (χ1n) is 6.03. The van der Waals surface area contributed by atoms with E-state index in [0.29, 0.717) is 19.5 Å². The average molecular weight is 265 g/mol. The lowest BCUT2D eigenvalue weighted by Gasteiger charge is -2.15. The maximum Gasteiger partial charge on any atom is 0.303 e. The molecule has 19 heavy (non-hydrogen) atoms. The van der Waals surface area contributed by atoms with E-state index in [1.165, 1.54) is 19.2 Å². The minimum atomic E-state index is -0.848. The van der Waals surface area contributed by atoms with Gasteiger partial charge in [-0.3, -0.25) is 14.4 Å². The van der Waals surface area contributed by atoms with E-state index in [2.05, 4.69) is 5.10 Å². The highest BCUT2D eigenvalue weighted by molar-refractivity contribution is 5.92. The van der Waals surface area contributed by atoms with Gasteiger partial charge in [0.15, 0.2) is 0 Å². The molecule has 2 heterocycles. The van der Waals surface area contributed by atoms with Crippen LogP contribution in [0.25, 0.3) is 0 Å². The van der Waals surface area contributed by atoms with Crippen LogP contribution < -0.4 is 5.56 Å². The predicted molar refractivity (Wildman–Crippen MR) is 65.7 cm³/mol. The molecule has 0 aliphatic carbocycles. The first-order chi connectivity index (χ1) is 8.97. The molecule has 1 saturated heterocycles. The summed E-state index contributed by atoms with van der Waals surface area (Å²) in [6.07, 6.45) is 0.758. The van der Waals surface area contributed by atoms with Crippen LogP contribution in [-0.2, 0) is 11.8 Å². The van der Waals surface area contributed by atoms with Crippen molar-refractivity contribution in [3.63, 3.8) is 0 Å². The summed E-state index contributed by atoms with van der Waals surface area (Å²) in [7, 11) is 1.48. The van der Waals surface area contributed by atoms with E-state index in [-0.39, 0.29) is 29.5 Å². The third-order valence-corrected chi connectivity index (χ3v) is 3.22. The Balaban J connectivity index is 2.06. The number of hydrogen-bond acceptors (Lipinski definition) is 4. The fourth-order valence-corrected chi connectivity index (χ4v) is 2.21. The van der Waals surface area contributed by atoms with Gasteiger partial charge in [0.05, 0.1) is 0 Å². The molecule has 2 rings (SSSR count). The minimum absolute atomic E-state index is 0.00557. The molecule has 1 fully saturated rings. The van der Waals surface area contributed by atoms with Crippen molar-refractivity contribution < 1.29 is 14.7 Å². The van der Waals surface area contributed by atoms with E-state index in [4.69, 9.17) is 5.11 Å². The fourth-order valence-electron chi connectivity index (χ4n) is 2.21. The van der Waals surface area contributed by atoms with E-state index in [9.17, 15) is 14.4 Å². The Hall–Kier alpha value is -2.18. The fraction of sp³-hybridized carbons (Fsp3) is 0.500. The lowest BCUT2D eigenvalue weighted by atomic mass is 10.1. The van der Waals surface area contributed by atoms with Crippen LogP contribution in [-0.4, -0.2) is 44.8 Å². The zero-order valence-corrected chi connectivity index (χ0v) is 10.6. The number of aromatic nitrogens is 2. The van der Waals surface area contributed by atoms with Crippen LogP contribution in [0.1, 0.15) is 23.3 Å². The zero-order chi connectivity index (χ0) is 14.0. The van der Waals surface area contributed by atoms with Crippen molar-refractivity contribution in [1.29, 1.82) is 0 Å². The molecule has 1 amide bonds. The third-order valence-electron chi connectivity index (χ3n) is 3.22. The second kappa shape index (κ2) is 5.21. The van der Waals surface area contributed by atoms with Crippen molar-refractivity contribution in [1.82, 2.24) is 14.7 Å². The molecule has 1 N–H and O–H groups in total. The van der Waals surface area contributed by atoms with Gasteiger partial charge in [0, 0.05) is 32.6 Å². The second-order valence-corrected chi connectivity index (χ2v) is 4.68. The van der Waals surface area contributed by atoms with Gasteiger partial charge in [0.2, 0.25) is 0 Å². The van der Waals surface area contributed by atoms with Crippen LogP contribution in [0.15, 0.2) is 16.9 Å². The van der Waals surface area contributed by atoms with Crippen LogP contribution >= 0.6 is 0 Å². The van der Waals surface area contributed by atoms with Crippen LogP contribution in [0.3, 0.4) is 0 Å². The van der Waals surface area contributed by atoms with Crippen molar-refractivity contribution in [3.8, 4) is 0 Å². The molecule has 0 radical (unpaired) electrons.